The highest BCUT2D eigenvalue weighted by atomic mass is 19.4. The molecule has 1 unspecified atom stereocenters. The van der Waals surface area contributed by atoms with Gasteiger partial charge in [-0.2, -0.15) is 18.4 Å². The van der Waals surface area contributed by atoms with Crippen LogP contribution in [0.1, 0.15) is 77.5 Å². The van der Waals surface area contributed by atoms with Gasteiger partial charge in [-0.3, -0.25) is 9.69 Å². The van der Waals surface area contributed by atoms with Gasteiger partial charge in [-0.05, 0) is 79.1 Å². The highest BCUT2D eigenvalue weighted by Gasteiger charge is 2.47. The van der Waals surface area contributed by atoms with Crippen LogP contribution >= 0.6 is 0 Å². The lowest BCUT2D eigenvalue weighted by Crippen LogP contribution is -2.43. The van der Waals surface area contributed by atoms with E-state index in [9.17, 15) is 23.2 Å². The van der Waals surface area contributed by atoms with Crippen LogP contribution in [0, 0.1) is 23.2 Å². The van der Waals surface area contributed by atoms with Crippen LogP contribution in [0.5, 0.6) is 0 Å². The molecule has 6 rings (SSSR count). The molecule has 1 amide bonds. The zero-order valence-corrected chi connectivity index (χ0v) is 24.0. The van der Waals surface area contributed by atoms with Crippen LogP contribution in [0.25, 0.3) is 0 Å². The van der Waals surface area contributed by atoms with E-state index in [1.807, 2.05) is 29.8 Å². The Kier molecular flexibility index (Phi) is 7.34. The number of benzene rings is 2. The zero-order chi connectivity index (χ0) is 29.6. The molecule has 1 saturated heterocycles. The van der Waals surface area contributed by atoms with Gasteiger partial charge < -0.3 is 9.47 Å². The van der Waals surface area contributed by atoms with Gasteiger partial charge in [0.15, 0.2) is 0 Å². The van der Waals surface area contributed by atoms with Crippen molar-refractivity contribution >= 4 is 11.6 Å². The molecule has 2 aliphatic heterocycles. The fraction of sp³-hybridized carbons (Fsp3) is 0.500. The second-order valence-electron chi connectivity index (χ2n) is 12.5. The zero-order valence-electron chi connectivity index (χ0n) is 24.0. The standard InChI is InChI=1S/C32H35F3N6O/c1-21-6-3-4-9-40(17-21)18-22-10-26-27(28(11-22)32(33,34)35)19-41(30(26)42)25-8-5-7-24(12-25)31(13-23(14-31)16-36)15-29-38-37-20-39(29)2/h5,7-8,10-12,20-21,23H,3-4,6,9,13-15,17-19H2,1-2H3. The number of hydrogen-bond acceptors (Lipinski definition) is 5. The second kappa shape index (κ2) is 10.8. The largest absolute Gasteiger partial charge is 0.416 e. The van der Waals surface area contributed by atoms with Gasteiger partial charge in [0.2, 0.25) is 0 Å². The minimum atomic E-state index is -4.57. The Morgan fingerprint density at radius 3 is 2.69 bits per heavy atom. The number of aromatic nitrogens is 3. The first-order valence-electron chi connectivity index (χ1n) is 14.7. The summed E-state index contributed by atoms with van der Waals surface area (Å²) in [5.41, 5.74) is 1.12. The van der Waals surface area contributed by atoms with Gasteiger partial charge in [0.1, 0.15) is 12.2 Å². The van der Waals surface area contributed by atoms with Crippen molar-refractivity contribution in [3.05, 3.63) is 76.4 Å². The van der Waals surface area contributed by atoms with E-state index in [1.54, 1.807) is 18.5 Å². The van der Waals surface area contributed by atoms with Crippen molar-refractivity contribution in [2.75, 3.05) is 18.0 Å². The van der Waals surface area contributed by atoms with Gasteiger partial charge in [-0.1, -0.05) is 25.5 Å². The predicted octanol–water partition coefficient (Wildman–Crippen LogP) is 6.03. The molecule has 42 heavy (non-hydrogen) atoms. The summed E-state index contributed by atoms with van der Waals surface area (Å²) in [5, 5.41) is 17.8. The Bertz CT molecular complexity index is 1530. The Morgan fingerprint density at radius 1 is 1.17 bits per heavy atom. The minimum Gasteiger partial charge on any atom is -0.321 e. The Hall–Kier alpha value is -3.71. The fourth-order valence-corrected chi connectivity index (χ4v) is 7.10. The van der Waals surface area contributed by atoms with Crippen molar-refractivity contribution < 1.29 is 18.0 Å². The number of nitrogens with zero attached hydrogens (tertiary/aromatic N) is 6. The molecule has 2 aromatic carbocycles. The number of halogens is 3. The Morgan fingerprint density at radius 2 is 1.98 bits per heavy atom. The molecule has 0 N–H and O–H groups in total. The van der Waals surface area contributed by atoms with Gasteiger partial charge in [0.05, 0.1) is 18.2 Å². The van der Waals surface area contributed by atoms with Crippen LogP contribution in [-0.2, 0) is 38.1 Å². The van der Waals surface area contributed by atoms with Crippen LogP contribution in [0.3, 0.4) is 0 Å². The number of anilines is 1. The predicted molar refractivity (Wildman–Crippen MR) is 151 cm³/mol. The van der Waals surface area contributed by atoms with E-state index in [4.69, 9.17) is 0 Å². The molecule has 0 spiro atoms. The van der Waals surface area contributed by atoms with Crippen molar-refractivity contribution in [1.82, 2.24) is 19.7 Å². The molecule has 0 radical (unpaired) electrons. The van der Waals surface area contributed by atoms with Crippen molar-refractivity contribution in [2.24, 2.45) is 18.9 Å². The molecule has 2 fully saturated rings. The number of rotatable bonds is 6. The SMILES string of the molecule is CC1CCCCN(Cc2cc3c(c(C(F)(F)F)c2)CN(c2cccc(C4(Cc5nncn5C)CC(C#N)C4)c2)C3=O)C1. The molecular weight excluding hydrogens is 541 g/mol. The van der Waals surface area contributed by atoms with E-state index in [-0.39, 0.29) is 29.0 Å². The van der Waals surface area contributed by atoms with Crippen molar-refractivity contribution in [2.45, 2.75) is 70.1 Å². The van der Waals surface area contributed by atoms with Gasteiger partial charge in [-0.15, -0.1) is 10.2 Å². The van der Waals surface area contributed by atoms with E-state index in [0.717, 1.165) is 43.7 Å². The van der Waals surface area contributed by atoms with E-state index >= 15 is 0 Å². The molecular formula is C32H35F3N6O. The first-order valence-corrected chi connectivity index (χ1v) is 14.7. The number of carbonyl (C=O) groups excluding carboxylic acids is 1. The lowest BCUT2D eigenvalue weighted by Gasteiger charge is -2.45. The van der Waals surface area contributed by atoms with E-state index in [1.165, 1.54) is 11.0 Å². The number of amides is 1. The van der Waals surface area contributed by atoms with Gasteiger partial charge in [0.25, 0.3) is 5.91 Å². The van der Waals surface area contributed by atoms with Crippen molar-refractivity contribution in [3.8, 4) is 6.07 Å². The number of fused-ring (bicyclic) bond motifs is 1. The topological polar surface area (TPSA) is 78.1 Å². The molecule has 0 bridgehead atoms. The summed E-state index contributed by atoms with van der Waals surface area (Å²) in [7, 11) is 1.87. The Labute approximate surface area is 243 Å². The van der Waals surface area contributed by atoms with Gasteiger partial charge >= 0.3 is 6.18 Å². The van der Waals surface area contributed by atoms with Crippen molar-refractivity contribution in [1.29, 1.82) is 5.26 Å². The second-order valence-corrected chi connectivity index (χ2v) is 12.5. The van der Waals surface area contributed by atoms with Gasteiger partial charge in [-0.25, -0.2) is 0 Å². The summed E-state index contributed by atoms with van der Waals surface area (Å²) in [4.78, 5) is 17.4. The maximum absolute atomic E-state index is 14.4. The Balaban J connectivity index is 1.31. The third-order valence-electron chi connectivity index (χ3n) is 9.33. The summed E-state index contributed by atoms with van der Waals surface area (Å²) in [6.07, 6.45) is 2.21. The number of likely N-dealkylation sites (tertiary alicyclic amines) is 1. The molecule has 10 heteroatoms. The van der Waals surface area contributed by atoms with Crippen LogP contribution in [-0.4, -0.2) is 38.7 Å². The first-order chi connectivity index (χ1) is 20.1. The quantitative estimate of drug-likeness (QED) is 0.358. The third-order valence-corrected chi connectivity index (χ3v) is 9.33. The van der Waals surface area contributed by atoms with E-state index < -0.39 is 17.6 Å². The van der Waals surface area contributed by atoms with Gasteiger partial charge in [0, 0.05) is 49.1 Å². The summed E-state index contributed by atoms with van der Waals surface area (Å²) in [6, 6.07) is 12.8. The maximum Gasteiger partial charge on any atom is 0.416 e. The minimum absolute atomic E-state index is 0.0351. The molecule has 220 valence electrons. The average Bonchev–Trinajstić information content (AvgIpc) is 3.41. The molecule has 3 aromatic rings. The number of alkyl halides is 3. The average molecular weight is 577 g/mol. The summed E-state index contributed by atoms with van der Waals surface area (Å²) in [6.45, 7) is 4.13. The molecule has 3 heterocycles. The number of carbonyl (C=O) groups is 1. The molecule has 1 aromatic heterocycles. The molecule has 1 saturated carbocycles. The number of hydrogen-bond donors (Lipinski definition) is 0. The monoisotopic (exact) mass is 576 g/mol. The van der Waals surface area contributed by atoms with E-state index in [0.29, 0.717) is 43.0 Å². The number of nitriles is 1. The van der Waals surface area contributed by atoms with E-state index in [2.05, 4.69) is 28.1 Å². The normalized spacial score (nSPS) is 24.7. The molecule has 1 atom stereocenters. The highest BCUT2D eigenvalue weighted by Crippen LogP contribution is 2.50. The lowest BCUT2D eigenvalue weighted by atomic mass is 9.57. The maximum atomic E-state index is 14.4. The van der Waals surface area contributed by atoms with Crippen LogP contribution < -0.4 is 4.90 Å². The van der Waals surface area contributed by atoms with Crippen molar-refractivity contribution in [3.63, 3.8) is 0 Å². The lowest BCUT2D eigenvalue weighted by molar-refractivity contribution is -0.138. The summed E-state index contributed by atoms with van der Waals surface area (Å²) < 4.78 is 44.9. The summed E-state index contributed by atoms with van der Waals surface area (Å²) in [5.74, 6) is 0.788. The summed E-state index contributed by atoms with van der Waals surface area (Å²) >= 11 is 0. The smallest absolute Gasteiger partial charge is 0.321 e. The molecule has 1 aliphatic carbocycles. The van der Waals surface area contributed by atoms with Crippen LogP contribution in [0.2, 0.25) is 0 Å². The third kappa shape index (κ3) is 5.31. The van der Waals surface area contributed by atoms with Crippen LogP contribution in [0.4, 0.5) is 18.9 Å². The van der Waals surface area contributed by atoms with Crippen LogP contribution in [0.15, 0.2) is 42.7 Å². The fourth-order valence-electron chi connectivity index (χ4n) is 7.10. The molecule has 3 aliphatic rings. The highest BCUT2D eigenvalue weighted by molar-refractivity contribution is 6.10. The first kappa shape index (κ1) is 28.4. The molecule has 7 nitrogen and oxygen atoms in total. The number of aryl methyl sites for hydroxylation is 1.